The van der Waals surface area contributed by atoms with E-state index >= 15 is 0 Å². The Morgan fingerprint density at radius 1 is 1.04 bits per heavy atom. The van der Waals surface area contributed by atoms with Crippen molar-refractivity contribution in [1.82, 2.24) is 9.97 Å². The third kappa shape index (κ3) is 3.53. The molecule has 0 spiro atoms. The van der Waals surface area contributed by atoms with Crippen molar-refractivity contribution in [3.63, 3.8) is 0 Å². The van der Waals surface area contributed by atoms with E-state index in [9.17, 15) is 8.78 Å². The van der Waals surface area contributed by atoms with Crippen molar-refractivity contribution in [3.8, 4) is 11.3 Å². The summed E-state index contributed by atoms with van der Waals surface area (Å²) in [5.74, 6) is -1.74. The zero-order valence-corrected chi connectivity index (χ0v) is 14.8. The fourth-order valence-electron chi connectivity index (χ4n) is 3.60. The van der Waals surface area contributed by atoms with Gasteiger partial charge in [0.2, 0.25) is 0 Å². The van der Waals surface area contributed by atoms with Crippen LogP contribution < -0.4 is 10.6 Å². The molecule has 1 atom stereocenters. The van der Waals surface area contributed by atoms with Gasteiger partial charge in [-0.3, -0.25) is 9.97 Å². The molecule has 0 aliphatic carbocycles. The lowest BCUT2D eigenvalue weighted by Gasteiger charge is -2.41. The Kier molecular flexibility index (Phi) is 4.58. The quantitative estimate of drug-likeness (QED) is 0.764. The van der Waals surface area contributed by atoms with E-state index in [4.69, 9.17) is 5.73 Å². The lowest BCUT2D eigenvalue weighted by molar-refractivity contribution is 0.353. The van der Waals surface area contributed by atoms with E-state index < -0.39 is 17.2 Å². The number of halogens is 2. The van der Waals surface area contributed by atoms with Gasteiger partial charge >= 0.3 is 0 Å². The van der Waals surface area contributed by atoms with Crippen molar-refractivity contribution < 1.29 is 8.78 Å². The topological polar surface area (TPSA) is 55.0 Å². The molecule has 1 saturated heterocycles. The summed E-state index contributed by atoms with van der Waals surface area (Å²) in [7, 11) is 0. The van der Waals surface area contributed by atoms with E-state index in [-0.39, 0.29) is 0 Å². The van der Waals surface area contributed by atoms with Crippen LogP contribution in [0.3, 0.4) is 0 Å². The van der Waals surface area contributed by atoms with Gasteiger partial charge in [-0.25, -0.2) is 8.78 Å². The van der Waals surface area contributed by atoms with E-state index in [0.717, 1.165) is 42.8 Å². The van der Waals surface area contributed by atoms with Crippen LogP contribution in [0.15, 0.2) is 61.1 Å². The summed E-state index contributed by atoms with van der Waals surface area (Å²) in [5.41, 5.74) is 9.36. The maximum Gasteiger partial charge on any atom is 0.159 e. The highest BCUT2D eigenvalue weighted by Crippen LogP contribution is 2.32. The SMILES string of the molecule is NC1(c2cccnc2)CCCN(c2ccc(-c3ccc(F)c(F)c3)nc2)C1. The standard InChI is InChI=1S/C21H20F2N4/c22-18-6-4-15(11-19(18)23)20-7-5-17(13-26-20)27-10-2-8-21(24,14-27)16-3-1-9-25-12-16/h1,3-7,9,11-13H,2,8,10,14,24H2. The minimum Gasteiger partial charge on any atom is -0.368 e. The molecule has 27 heavy (non-hydrogen) atoms. The highest BCUT2D eigenvalue weighted by atomic mass is 19.2. The van der Waals surface area contributed by atoms with Gasteiger partial charge < -0.3 is 10.6 Å². The zero-order chi connectivity index (χ0) is 18.9. The molecule has 1 aliphatic rings. The summed E-state index contributed by atoms with van der Waals surface area (Å²) in [5, 5.41) is 0. The van der Waals surface area contributed by atoms with E-state index in [0.29, 0.717) is 17.8 Å². The molecule has 4 nitrogen and oxygen atoms in total. The van der Waals surface area contributed by atoms with Crippen LogP contribution >= 0.6 is 0 Å². The average molecular weight is 366 g/mol. The molecule has 3 heterocycles. The van der Waals surface area contributed by atoms with Crippen LogP contribution in [0, 0.1) is 11.6 Å². The number of rotatable bonds is 3. The molecule has 2 N–H and O–H groups in total. The normalized spacial score (nSPS) is 19.9. The average Bonchev–Trinajstić information content (AvgIpc) is 2.71. The maximum atomic E-state index is 13.5. The second-order valence-corrected chi connectivity index (χ2v) is 6.95. The smallest absolute Gasteiger partial charge is 0.159 e. The maximum absolute atomic E-state index is 13.5. The molecule has 1 unspecified atom stereocenters. The summed E-state index contributed by atoms with van der Waals surface area (Å²) in [6, 6.07) is 11.5. The summed E-state index contributed by atoms with van der Waals surface area (Å²) in [6.07, 6.45) is 7.19. The Hall–Kier alpha value is -2.86. The van der Waals surface area contributed by atoms with Crippen LogP contribution in [0.2, 0.25) is 0 Å². The molecule has 2 aromatic heterocycles. The Bertz CT molecular complexity index is 931. The molecule has 6 heteroatoms. The number of aromatic nitrogens is 2. The van der Waals surface area contributed by atoms with E-state index in [1.54, 1.807) is 12.4 Å². The minimum atomic E-state index is -0.876. The zero-order valence-electron chi connectivity index (χ0n) is 14.8. The number of piperidine rings is 1. The van der Waals surface area contributed by atoms with E-state index in [1.165, 1.54) is 6.07 Å². The van der Waals surface area contributed by atoms with Crippen LogP contribution in [-0.4, -0.2) is 23.1 Å². The number of anilines is 1. The molecule has 138 valence electrons. The van der Waals surface area contributed by atoms with Crippen LogP contribution in [0.4, 0.5) is 14.5 Å². The molecule has 1 fully saturated rings. The van der Waals surface area contributed by atoms with Gasteiger partial charge in [0.15, 0.2) is 11.6 Å². The number of pyridine rings is 2. The first-order valence-electron chi connectivity index (χ1n) is 8.91. The third-order valence-electron chi connectivity index (χ3n) is 5.09. The van der Waals surface area contributed by atoms with Crippen molar-refractivity contribution in [2.24, 2.45) is 5.73 Å². The summed E-state index contributed by atoms with van der Waals surface area (Å²) in [4.78, 5) is 10.8. The Morgan fingerprint density at radius 2 is 1.93 bits per heavy atom. The number of nitrogens with two attached hydrogens (primary N) is 1. The van der Waals surface area contributed by atoms with Gasteiger partial charge in [0.05, 0.1) is 23.1 Å². The van der Waals surface area contributed by atoms with E-state index in [2.05, 4.69) is 14.9 Å². The molecule has 0 saturated carbocycles. The van der Waals surface area contributed by atoms with Crippen LogP contribution in [0.25, 0.3) is 11.3 Å². The molecular weight excluding hydrogens is 346 g/mol. The van der Waals surface area contributed by atoms with Crippen molar-refractivity contribution >= 4 is 5.69 Å². The fourth-order valence-corrected chi connectivity index (χ4v) is 3.60. The van der Waals surface area contributed by atoms with Gasteiger partial charge in [-0.05, 0) is 54.8 Å². The van der Waals surface area contributed by atoms with Crippen molar-refractivity contribution in [2.75, 3.05) is 18.0 Å². The summed E-state index contributed by atoms with van der Waals surface area (Å²) >= 11 is 0. The van der Waals surface area contributed by atoms with Crippen LogP contribution in [0.5, 0.6) is 0 Å². The highest BCUT2D eigenvalue weighted by Gasteiger charge is 2.33. The lowest BCUT2D eigenvalue weighted by atomic mass is 9.84. The van der Waals surface area contributed by atoms with Gasteiger partial charge in [0, 0.05) is 31.0 Å². The molecule has 0 bridgehead atoms. The summed E-state index contributed by atoms with van der Waals surface area (Å²) in [6.45, 7) is 1.57. The van der Waals surface area contributed by atoms with Gasteiger partial charge in [-0.2, -0.15) is 0 Å². The van der Waals surface area contributed by atoms with Gasteiger partial charge in [0.1, 0.15) is 0 Å². The van der Waals surface area contributed by atoms with Crippen LogP contribution in [0.1, 0.15) is 18.4 Å². The van der Waals surface area contributed by atoms with Crippen molar-refractivity contribution in [1.29, 1.82) is 0 Å². The highest BCUT2D eigenvalue weighted by molar-refractivity contribution is 5.61. The molecule has 0 radical (unpaired) electrons. The number of hydrogen-bond donors (Lipinski definition) is 1. The fraction of sp³-hybridized carbons (Fsp3) is 0.238. The van der Waals surface area contributed by atoms with Gasteiger partial charge in [-0.15, -0.1) is 0 Å². The first-order chi connectivity index (χ1) is 13.0. The Balaban J connectivity index is 1.56. The van der Waals surface area contributed by atoms with Crippen molar-refractivity contribution in [2.45, 2.75) is 18.4 Å². The first kappa shape index (κ1) is 17.5. The van der Waals surface area contributed by atoms with Crippen molar-refractivity contribution in [3.05, 3.63) is 78.3 Å². The number of hydrogen-bond acceptors (Lipinski definition) is 4. The molecule has 0 amide bonds. The lowest BCUT2D eigenvalue weighted by Crippen LogP contribution is -2.52. The van der Waals surface area contributed by atoms with Gasteiger partial charge in [0.25, 0.3) is 0 Å². The number of benzene rings is 1. The predicted molar refractivity (Wildman–Crippen MR) is 101 cm³/mol. The molecule has 1 aliphatic heterocycles. The number of nitrogens with zero attached hydrogens (tertiary/aromatic N) is 3. The Labute approximate surface area is 156 Å². The Morgan fingerprint density at radius 3 is 2.63 bits per heavy atom. The molecular formula is C21H20F2N4. The second-order valence-electron chi connectivity index (χ2n) is 6.95. The molecule has 4 rings (SSSR count). The molecule has 3 aromatic rings. The second kappa shape index (κ2) is 7.04. The largest absolute Gasteiger partial charge is 0.368 e. The summed E-state index contributed by atoms with van der Waals surface area (Å²) < 4.78 is 26.6. The monoisotopic (exact) mass is 366 g/mol. The predicted octanol–water partition coefficient (Wildman–Crippen LogP) is 3.88. The first-order valence-corrected chi connectivity index (χ1v) is 8.91. The van der Waals surface area contributed by atoms with E-state index in [1.807, 2.05) is 30.5 Å². The third-order valence-corrected chi connectivity index (χ3v) is 5.09. The van der Waals surface area contributed by atoms with Gasteiger partial charge in [-0.1, -0.05) is 6.07 Å². The van der Waals surface area contributed by atoms with Crippen LogP contribution in [-0.2, 0) is 5.54 Å². The molecule has 1 aromatic carbocycles. The minimum absolute atomic E-state index is 0.453.